The molecule has 3 aromatic rings. The summed E-state index contributed by atoms with van der Waals surface area (Å²) >= 11 is 0. The monoisotopic (exact) mass is 358 g/mol. The molecule has 2 aliphatic rings. The first-order valence-electron chi connectivity index (χ1n) is 9.43. The van der Waals surface area contributed by atoms with E-state index in [-0.39, 0.29) is 5.41 Å². The third-order valence-electron chi connectivity index (χ3n) is 5.60. The van der Waals surface area contributed by atoms with E-state index in [0.29, 0.717) is 6.61 Å². The third kappa shape index (κ3) is 3.13. The average molecular weight is 358 g/mol. The number of ether oxygens (including phenoxy) is 1. The summed E-state index contributed by atoms with van der Waals surface area (Å²) < 4.78 is 5.96. The van der Waals surface area contributed by atoms with E-state index in [1.807, 2.05) is 24.5 Å². The van der Waals surface area contributed by atoms with Gasteiger partial charge in [0.25, 0.3) is 0 Å². The van der Waals surface area contributed by atoms with Crippen LogP contribution in [0.1, 0.15) is 23.2 Å². The Morgan fingerprint density at radius 1 is 1.07 bits per heavy atom. The highest BCUT2D eigenvalue weighted by atomic mass is 16.5. The highest BCUT2D eigenvalue weighted by molar-refractivity contribution is 5.54. The Kier molecular flexibility index (Phi) is 4.19. The zero-order chi connectivity index (χ0) is 18.1. The van der Waals surface area contributed by atoms with Crippen molar-refractivity contribution in [1.29, 1.82) is 0 Å². The van der Waals surface area contributed by atoms with Gasteiger partial charge < -0.3 is 4.74 Å². The van der Waals surface area contributed by atoms with Crippen LogP contribution in [-0.4, -0.2) is 39.5 Å². The summed E-state index contributed by atoms with van der Waals surface area (Å²) in [6, 6.07) is 14.6. The summed E-state index contributed by atoms with van der Waals surface area (Å²) in [5.74, 6) is 0.754. The Morgan fingerprint density at radius 2 is 2.00 bits per heavy atom. The molecule has 0 aliphatic carbocycles. The Hall–Kier alpha value is -2.63. The minimum absolute atomic E-state index is 0.0394. The number of fused-ring (bicyclic) bond motifs is 2. The van der Waals surface area contributed by atoms with Crippen LogP contribution in [0.5, 0.6) is 0 Å². The van der Waals surface area contributed by atoms with Crippen molar-refractivity contribution in [2.75, 3.05) is 19.7 Å². The van der Waals surface area contributed by atoms with Crippen LogP contribution in [0.25, 0.3) is 11.4 Å². The number of likely N-dealkylation sites (tertiary alicyclic amines) is 1. The molecule has 0 amide bonds. The fourth-order valence-corrected chi connectivity index (χ4v) is 4.28. The van der Waals surface area contributed by atoms with Gasteiger partial charge in [-0.25, -0.2) is 9.97 Å². The Balaban J connectivity index is 1.45. The van der Waals surface area contributed by atoms with Gasteiger partial charge >= 0.3 is 0 Å². The van der Waals surface area contributed by atoms with Crippen molar-refractivity contribution in [3.8, 4) is 11.4 Å². The molecule has 4 heterocycles. The predicted octanol–water partition coefficient (Wildman–Crippen LogP) is 3.21. The predicted molar refractivity (Wildman–Crippen MR) is 103 cm³/mol. The lowest BCUT2D eigenvalue weighted by atomic mass is 9.80. The molecule has 1 spiro atoms. The summed E-state index contributed by atoms with van der Waals surface area (Å²) in [5, 5.41) is 0. The molecule has 0 saturated carbocycles. The van der Waals surface area contributed by atoms with Gasteiger partial charge in [0, 0.05) is 42.8 Å². The molecule has 2 aromatic heterocycles. The zero-order valence-electron chi connectivity index (χ0n) is 15.2. The lowest BCUT2D eigenvalue weighted by molar-refractivity contribution is 0.0503. The van der Waals surface area contributed by atoms with E-state index >= 15 is 0 Å². The Labute approximate surface area is 159 Å². The number of hydrogen-bond acceptors (Lipinski definition) is 5. The van der Waals surface area contributed by atoms with Crippen LogP contribution in [0.2, 0.25) is 0 Å². The van der Waals surface area contributed by atoms with Crippen molar-refractivity contribution in [3.63, 3.8) is 0 Å². The van der Waals surface area contributed by atoms with Crippen LogP contribution < -0.4 is 0 Å². The van der Waals surface area contributed by atoms with Gasteiger partial charge in [-0.05, 0) is 30.7 Å². The van der Waals surface area contributed by atoms with Gasteiger partial charge in [-0.1, -0.05) is 30.3 Å². The molecular weight excluding hydrogens is 336 g/mol. The summed E-state index contributed by atoms with van der Waals surface area (Å²) in [4.78, 5) is 16.3. The van der Waals surface area contributed by atoms with E-state index in [0.717, 1.165) is 55.3 Å². The highest BCUT2D eigenvalue weighted by Gasteiger charge is 2.44. The number of benzene rings is 1. The van der Waals surface area contributed by atoms with Gasteiger partial charge in [0.1, 0.15) is 0 Å². The minimum atomic E-state index is -0.0394. The van der Waals surface area contributed by atoms with Crippen LogP contribution in [0, 0.1) is 0 Å². The van der Waals surface area contributed by atoms with Gasteiger partial charge in [-0.15, -0.1) is 0 Å². The van der Waals surface area contributed by atoms with E-state index in [1.165, 1.54) is 5.56 Å². The standard InChI is InChI=1S/C22H22N4O/c1-2-5-17(6-3-1)13-26-10-8-22(15-26)16-27-14-19-12-24-21(25-20(19)22)18-7-4-9-23-11-18/h1-7,9,11-12H,8,10,13-16H2/t22-/m0/s1. The first-order chi connectivity index (χ1) is 13.3. The average Bonchev–Trinajstić information content (AvgIpc) is 3.12. The first-order valence-corrected chi connectivity index (χ1v) is 9.43. The molecule has 1 atom stereocenters. The number of hydrogen-bond donors (Lipinski definition) is 0. The first kappa shape index (κ1) is 16.5. The highest BCUT2D eigenvalue weighted by Crippen LogP contribution is 2.39. The maximum atomic E-state index is 5.96. The summed E-state index contributed by atoms with van der Waals surface area (Å²) in [6.45, 7) is 4.33. The van der Waals surface area contributed by atoms with Crippen LogP contribution in [-0.2, 0) is 23.3 Å². The van der Waals surface area contributed by atoms with E-state index in [1.54, 1.807) is 6.20 Å². The van der Waals surface area contributed by atoms with Crippen molar-refractivity contribution in [2.24, 2.45) is 0 Å². The smallest absolute Gasteiger partial charge is 0.160 e. The number of aromatic nitrogens is 3. The summed E-state index contributed by atoms with van der Waals surface area (Å²) in [6.07, 6.45) is 6.60. The number of pyridine rings is 1. The quantitative estimate of drug-likeness (QED) is 0.720. The molecule has 0 bridgehead atoms. The molecule has 5 rings (SSSR count). The molecular formula is C22H22N4O. The second-order valence-corrected chi connectivity index (χ2v) is 7.53. The van der Waals surface area contributed by atoms with Gasteiger partial charge in [-0.2, -0.15) is 0 Å². The minimum Gasteiger partial charge on any atom is -0.376 e. The van der Waals surface area contributed by atoms with Crippen molar-refractivity contribution >= 4 is 0 Å². The van der Waals surface area contributed by atoms with Gasteiger partial charge in [0.15, 0.2) is 5.82 Å². The summed E-state index contributed by atoms with van der Waals surface area (Å²) in [7, 11) is 0. The number of nitrogens with zero attached hydrogens (tertiary/aromatic N) is 4. The third-order valence-corrected chi connectivity index (χ3v) is 5.60. The van der Waals surface area contributed by atoms with Gasteiger partial charge in [0.2, 0.25) is 0 Å². The maximum Gasteiger partial charge on any atom is 0.160 e. The van der Waals surface area contributed by atoms with E-state index in [9.17, 15) is 0 Å². The van der Waals surface area contributed by atoms with Crippen LogP contribution in [0.3, 0.4) is 0 Å². The van der Waals surface area contributed by atoms with E-state index in [4.69, 9.17) is 9.72 Å². The second kappa shape index (κ2) is 6.83. The molecule has 5 nitrogen and oxygen atoms in total. The molecule has 0 radical (unpaired) electrons. The fraction of sp³-hybridized carbons (Fsp3) is 0.318. The topological polar surface area (TPSA) is 51.1 Å². The molecule has 0 unspecified atom stereocenters. The molecule has 1 fully saturated rings. The molecule has 2 aliphatic heterocycles. The maximum absolute atomic E-state index is 5.96. The lowest BCUT2D eigenvalue weighted by Gasteiger charge is -2.34. The van der Waals surface area contributed by atoms with E-state index in [2.05, 4.69) is 45.2 Å². The molecule has 27 heavy (non-hydrogen) atoms. The zero-order valence-corrected chi connectivity index (χ0v) is 15.2. The Morgan fingerprint density at radius 3 is 2.85 bits per heavy atom. The number of rotatable bonds is 3. The lowest BCUT2D eigenvalue weighted by Crippen LogP contribution is -2.40. The molecule has 5 heteroatoms. The van der Waals surface area contributed by atoms with Crippen LogP contribution in [0.4, 0.5) is 0 Å². The van der Waals surface area contributed by atoms with Gasteiger partial charge in [0.05, 0.1) is 24.3 Å². The van der Waals surface area contributed by atoms with Crippen molar-refractivity contribution in [2.45, 2.75) is 25.0 Å². The van der Waals surface area contributed by atoms with Crippen LogP contribution >= 0.6 is 0 Å². The molecule has 1 aromatic carbocycles. The SMILES string of the molecule is c1ccc(CN2CC[C@@]3(COCc4cnc(-c5cccnc5)nc43)C2)cc1. The molecule has 0 N–H and O–H groups in total. The molecule has 136 valence electrons. The fourth-order valence-electron chi connectivity index (χ4n) is 4.28. The van der Waals surface area contributed by atoms with Crippen molar-refractivity contribution < 1.29 is 4.74 Å². The van der Waals surface area contributed by atoms with Crippen molar-refractivity contribution in [3.05, 3.63) is 77.9 Å². The van der Waals surface area contributed by atoms with Crippen molar-refractivity contribution in [1.82, 2.24) is 19.9 Å². The Bertz CT molecular complexity index is 932. The molecule has 1 saturated heterocycles. The normalized spacial score (nSPS) is 22.1. The summed E-state index contributed by atoms with van der Waals surface area (Å²) in [5.41, 5.74) is 4.56. The van der Waals surface area contributed by atoms with E-state index < -0.39 is 0 Å². The van der Waals surface area contributed by atoms with Crippen LogP contribution in [0.15, 0.2) is 61.1 Å². The second-order valence-electron chi connectivity index (χ2n) is 7.53. The largest absolute Gasteiger partial charge is 0.376 e. The van der Waals surface area contributed by atoms with Gasteiger partial charge in [-0.3, -0.25) is 9.88 Å².